The quantitative estimate of drug-likeness (QED) is 0.242. The van der Waals surface area contributed by atoms with E-state index >= 15 is 0 Å². The van der Waals surface area contributed by atoms with Crippen LogP contribution in [-0.2, 0) is 12.8 Å². The summed E-state index contributed by atoms with van der Waals surface area (Å²) < 4.78 is 8.38. The lowest BCUT2D eigenvalue weighted by Crippen LogP contribution is -1.96. The highest BCUT2D eigenvalue weighted by Gasteiger charge is 2.15. The summed E-state index contributed by atoms with van der Waals surface area (Å²) in [7, 11) is 0. The van der Waals surface area contributed by atoms with Gasteiger partial charge in [-0.05, 0) is 96.5 Å². The maximum absolute atomic E-state index is 6.00. The van der Waals surface area contributed by atoms with Gasteiger partial charge in [0, 0.05) is 22.0 Å². The number of nitrogens with zero attached hydrogens (tertiary/aromatic N) is 2. The Morgan fingerprint density at radius 2 is 1.28 bits per heavy atom. The molecule has 3 nitrogen and oxygen atoms in total. The molecule has 0 aliphatic heterocycles. The molecular weight excluding hydrogens is 440 g/mol. The number of oxazole rings is 1. The summed E-state index contributed by atoms with van der Waals surface area (Å²) in [6.45, 7) is 9.14. The first kappa shape index (κ1) is 22.6. The van der Waals surface area contributed by atoms with Crippen LogP contribution in [0.3, 0.4) is 0 Å². The Balaban J connectivity index is 1.49. The number of fused-ring (bicyclic) bond motifs is 4. The molecule has 0 unspecified atom stereocenters. The summed E-state index contributed by atoms with van der Waals surface area (Å²) in [5.74, 6) is 1.92. The van der Waals surface area contributed by atoms with Gasteiger partial charge in [0.1, 0.15) is 5.52 Å². The molecule has 6 rings (SSSR count). The van der Waals surface area contributed by atoms with Crippen molar-refractivity contribution >= 4 is 32.9 Å². The molecule has 0 spiro atoms. The van der Waals surface area contributed by atoms with Crippen molar-refractivity contribution in [3.63, 3.8) is 0 Å². The second-order valence-electron chi connectivity index (χ2n) is 10.8. The predicted octanol–water partition coefficient (Wildman–Crippen LogP) is 8.99. The normalized spacial score (nSPS) is 12.1. The van der Waals surface area contributed by atoms with Gasteiger partial charge in [-0.1, -0.05) is 52.0 Å². The van der Waals surface area contributed by atoms with Gasteiger partial charge in [-0.3, -0.25) is 0 Å². The molecule has 0 N–H and O–H groups in total. The third kappa shape index (κ3) is 4.09. The summed E-state index contributed by atoms with van der Waals surface area (Å²) in [5.41, 5.74) is 9.11. The molecule has 0 saturated carbocycles. The van der Waals surface area contributed by atoms with Crippen molar-refractivity contribution in [3.05, 3.63) is 96.1 Å². The van der Waals surface area contributed by atoms with Crippen LogP contribution in [0.25, 0.3) is 50.0 Å². The van der Waals surface area contributed by atoms with Crippen molar-refractivity contribution in [1.29, 1.82) is 0 Å². The minimum atomic E-state index is 0.631. The average molecular weight is 473 g/mol. The number of aromatic nitrogens is 2. The van der Waals surface area contributed by atoms with Crippen molar-refractivity contribution in [2.45, 2.75) is 40.5 Å². The van der Waals surface area contributed by atoms with E-state index in [1.807, 2.05) is 24.3 Å². The lowest BCUT2D eigenvalue weighted by molar-refractivity contribution is 0.620. The Labute approximate surface area is 212 Å². The molecule has 6 aromatic rings. The van der Waals surface area contributed by atoms with E-state index in [0.717, 1.165) is 35.2 Å². The Bertz CT molecular complexity index is 1580. The lowest BCUT2D eigenvalue weighted by atomic mass is 9.99. The van der Waals surface area contributed by atoms with Crippen LogP contribution in [0.4, 0.5) is 0 Å². The SMILES string of the molecule is CC(C)Cc1ccc2c(c1)c1cc(CC(C)C)ccc1n2-c1ccc(-c2nc3ccccc3o2)cc1. The lowest BCUT2D eigenvalue weighted by Gasteiger charge is -2.10. The molecule has 0 saturated heterocycles. The third-order valence-electron chi connectivity index (χ3n) is 6.85. The van der Waals surface area contributed by atoms with Crippen LogP contribution >= 0.6 is 0 Å². The van der Waals surface area contributed by atoms with E-state index in [2.05, 4.69) is 97.9 Å². The zero-order valence-electron chi connectivity index (χ0n) is 21.5. The first-order chi connectivity index (χ1) is 17.5. The zero-order chi connectivity index (χ0) is 24.8. The molecule has 0 amide bonds. The maximum Gasteiger partial charge on any atom is 0.227 e. The molecule has 2 aromatic heterocycles. The molecule has 180 valence electrons. The van der Waals surface area contributed by atoms with E-state index in [1.165, 1.54) is 32.9 Å². The molecule has 36 heavy (non-hydrogen) atoms. The van der Waals surface area contributed by atoms with Gasteiger partial charge in [0.05, 0.1) is 11.0 Å². The largest absolute Gasteiger partial charge is 0.436 e. The first-order valence-corrected chi connectivity index (χ1v) is 13.0. The average Bonchev–Trinajstić information content (AvgIpc) is 3.42. The number of para-hydroxylation sites is 2. The highest BCUT2D eigenvalue weighted by molar-refractivity contribution is 6.09. The van der Waals surface area contributed by atoms with Crippen LogP contribution < -0.4 is 0 Å². The molecule has 0 aliphatic rings. The second-order valence-corrected chi connectivity index (χ2v) is 10.8. The number of hydrogen-bond donors (Lipinski definition) is 0. The third-order valence-corrected chi connectivity index (χ3v) is 6.85. The van der Waals surface area contributed by atoms with Crippen molar-refractivity contribution in [3.8, 4) is 17.1 Å². The van der Waals surface area contributed by atoms with Gasteiger partial charge in [-0.25, -0.2) is 4.98 Å². The number of rotatable bonds is 6. The van der Waals surface area contributed by atoms with E-state index in [1.54, 1.807) is 0 Å². The summed E-state index contributed by atoms with van der Waals surface area (Å²) in [6.07, 6.45) is 2.18. The fraction of sp³-hybridized carbons (Fsp3) is 0.242. The van der Waals surface area contributed by atoms with E-state index in [9.17, 15) is 0 Å². The molecule has 4 aromatic carbocycles. The summed E-state index contributed by atoms with van der Waals surface area (Å²) in [5, 5.41) is 2.66. The maximum atomic E-state index is 6.00. The molecular formula is C33H32N2O. The molecule has 3 heteroatoms. The van der Waals surface area contributed by atoms with Crippen LogP contribution in [0.5, 0.6) is 0 Å². The van der Waals surface area contributed by atoms with Gasteiger partial charge in [0.2, 0.25) is 5.89 Å². The van der Waals surface area contributed by atoms with E-state index < -0.39 is 0 Å². The van der Waals surface area contributed by atoms with E-state index in [0.29, 0.717) is 17.7 Å². The minimum Gasteiger partial charge on any atom is -0.436 e. The Hall–Kier alpha value is -3.85. The van der Waals surface area contributed by atoms with Gasteiger partial charge in [-0.2, -0.15) is 0 Å². The Morgan fingerprint density at radius 1 is 0.694 bits per heavy atom. The van der Waals surface area contributed by atoms with E-state index in [-0.39, 0.29) is 0 Å². The van der Waals surface area contributed by atoms with Gasteiger partial charge in [-0.15, -0.1) is 0 Å². The van der Waals surface area contributed by atoms with Gasteiger partial charge in [0.15, 0.2) is 5.58 Å². The Kier molecular flexibility index (Phi) is 5.64. The van der Waals surface area contributed by atoms with Crippen molar-refractivity contribution in [2.24, 2.45) is 11.8 Å². The highest BCUT2D eigenvalue weighted by atomic mass is 16.3. The highest BCUT2D eigenvalue weighted by Crippen LogP contribution is 2.35. The molecule has 0 radical (unpaired) electrons. The van der Waals surface area contributed by atoms with Crippen LogP contribution in [0.1, 0.15) is 38.8 Å². The molecule has 0 atom stereocenters. The number of benzene rings is 4. The minimum absolute atomic E-state index is 0.631. The van der Waals surface area contributed by atoms with Crippen molar-refractivity contribution < 1.29 is 4.42 Å². The van der Waals surface area contributed by atoms with Crippen molar-refractivity contribution in [1.82, 2.24) is 9.55 Å². The van der Waals surface area contributed by atoms with Crippen LogP contribution in [-0.4, -0.2) is 9.55 Å². The first-order valence-electron chi connectivity index (χ1n) is 13.0. The van der Waals surface area contributed by atoms with Gasteiger partial charge < -0.3 is 8.98 Å². The smallest absolute Gasteiger partial charge is 0.227 e. The molecule has 0 aliphatic carbocycles. The predicted molar refractivity (Wildman–Crippen MR) is 151 cm³/mol. The fourth-order valence-corrected chi connectivity index (χ4v) is 5.34. The van der Waals surface area contributed by atoms with E-state index in [4.69, 9.17) is 4.42 Å². The molecule has 2 heterocycles. The van der Waals surface area contributed by atoms with Crippen LogP contribution in [0.15, 0.2) is 89.3 Å². The fourth-order valence-electron chi connectivity index (χ4n) is 5.34. The van der Waals surface area contributed by atoms with Crippen molar-refractivity contribution in [2.75, 3.05) is 0 Å². The summed E-state index contributed by atoms with van der Waals surface area (Å²) >= 11 is 0. The Morgan fingerprint density at radius 3 is 1.83 bits per heavy atom. The molecule has 0 fully saturated rings. The number of hydrogen-bond acceptors (Lipinski definition) is 2. The van der Waals surface area contributed by atoms with Gasteiger partial charge >= 0.3 is 0 Å². The topological polar surface area (TPSA) is 31.0 Å². The monoisotopic (exact) mass is 472 g/mol. The zero-order valence-corrected chi connectivity index (χ0v) is 21.5. The summed E-state index contributed by atoms with van der Waals surface area (Å²) in [6, 6.07) is 30.4. The van der Waals surface area contributed by atoms with Gasteiger partial charge in [0.25, 0.3) is 0 Å². The summed E-state index contributed by atoms with van der Waals surface area (Å²) in [4.78, 5) is 4.67. The second kappa shape index (κ2) is 8.98. The van der Waals surface area contributed by atoms with Crippen LogP contribution in [0, 0.1) is 11.8 Å². The standard InChI is InChI=1S/C33H32N2O/c1-21(2)17-23-9-15-30-27(19-23)28-20-24(18-22(3)4)10-16-31(28)35(30)26-13-11-25(12-14-26)33-34-29-7-5-6-8-32(29)36-33/h5-16,19-22H,17-18H2,1-4H3. The van der Waals surface area contributed by atoms with Crippen LogP contribution in [0.2, 0.25) is 0 Å². The molecule has 0 bridgehead atoms.